The lowest BCUT2D eigenvalue weighted by Crippen LogP contribution is -2.39. The average molecular weight is 551 g/mol. The van der Waals surface area contributed by atoms with Gasteiger partial charge in [0.1, 0.15) is 0 Å². The number of amides is 1. The lowest BCUT2D eigenvalue weighted by atomic mass is 10.1. The number of halogens is 6. The van der Waals surface area contributed by atoms with Gasteiger partial charge in [0.05, 0.1) is 17.3 Å². The van der Waals surface area contributed by atoms with Crippen molar-refractivity contribution >= 4 is 17.5 Å². The Hall–Kier alpha value is -4.54. The van der Waals surface area contributed by atoms with Gasteiger partial charge in [0.2, 0.25) is 0 Å². The number of Topliss-reactive ketones (excluding diaryl/α,β-unsaturated/α-hetero) is 2. The predicted octanol–water partition coefficient (Wildman–Crippen LogP) is 4.52. The van der Waals surface area contributed by atoms with Crippen molar-refractivity contribution in [3.63, 3.8) is 0 Å². The Morgan fingerprint density at radius 3 is 2.23 bits per heavy atom. The van der Waals surface area contributed by atoms with Gasteiger partial charge in [0.15, 0.2) is 0 Å². The van der Waals surface area contributed by atoms with Crippen molar-refractivity contribution in [1.82, 2.24) is 20.3 Å². The zero-order valence-electron chi connectivity index (χ0n) is 19.9. The molecule has 3 aromatic heterocycles. The van der Waals surface area contributed by atoms with Crippen molar-refractivity contribution in [2.24, 2.45) is 0 Å². The molecule has 0 radical (unpaired) electrons. The third-order valence-corrected chi connectivity index (χ3v) is 5.44. The standard InChI is InChI=1S/C21H19N5O.C4F6O2/c22-8-2-1-3-16-5-4-15(13-25-16)19-11-14(6-9-23-19)20-12-17-18(26-20)7-10-24-21(17)27;5-3(6,7)1(11)2(12)4(8,9)10/h4-6,9,11-13,26H,1-3,7,10H2,(H,24,27);. The first-order valence-electron chi connectivity index (χ1n) is 11.3. The second-order valence-electron chi connectivity index (χ2n) is 8.21. The average Bonchev–Trinajstić information content (AvgIpc) is 3.34. The topological polar surface area (TPSA) is 129 Å². The number of aromatic nitrogens is 3. The number of unbranched alkanes of at least 4 members (excludes halogenated alkanes) is 1. The van der Waals surface area contributed by atoms with Gasteiger partial charge in [-0.3, -0.25) is 24.4 Å². The van der Waals surface area contributed by atoms with Gasteiger partial charge >= 0.3 is 23.9 Å². The van der Waals surface area contributed by atoms with Crippen molar-refractivity contribution in [2.75, 3.05) is 6.54 Å². The molecule has 0 atom stereocenters. The molecule has 1 aliphatic heterocycles. The zero-order valence-corrected chi connectivity index (χ0v) is 19.9. The molecule has 14 heteroatoms. The first kappa shape index (κ1) is 29.0. The minimum Gasteiger partial charge on any atom is -0.358 e. The predicted molar refractivity (Wildman–Crippen MR) is 124 cm³/mol. The van der Waals surface area contributed by atoms with E-state index in [1.165, 1.54) is 0 Å². The maximum absolute atomic E-state index is 12.0. The number of hydrogen-bond donors (Lipinski definition) is 2. The smallest absolute Gasteiger partial charge is 0.358 e. The van der Waals surface area contributed by atoms with Crippen LogP contribution in [0.2, 0.25) is 0 Å². The molecule has 0 saturated carbocycles. The van der Waals surface area contributed by atoms with Crippen molar-refractivity contribution < 1.29 is 40.7 Å². The number of aromatic amines is 1. The van der Waals surface area contributed by atoms with Crippen LogP contribution in [0.4, 0.5) is 26.3 Å². The number of H-pyrrole nitrogens is 1. The van der Waals surface area contributed by atoms with Gasteiger partial charge < -0.3 is 10.3 Å². The Balaban J connectivity index is 0.000000298. The van der Waals surface area contributed by atoms with E-state index in [0.29, 0.717) is 13.0 Å². The molecule has 204 valence electrons. The van der Waals surface area contributed by atoms with Crippen LogP contribution in [0.5, 0.6) is 0 Å². The summed E-state index contributed by atoms with van der Waals surface area (Å²) in [6.07, 6.45) is -4.97. The van der Waals surface area contributed by atoms with Crippen LogP contribution in [0.3, 0.4) is 0 Å². The molecule has 0 aromatic carbocycles. The molecule has 0 spiro atoms. The molecule has 8 nitrogen and oxygen atoms in total. The Labute approximate surface area is 217 Å². The van der Waals surface area contributed by atoms with Crippen LogP contribution < -0.4 is 5.32 Å². The van der Waals surface area contributed by atoms with Gasteiger partial charge in [0.25, 0.3) is 5.91 Å². The Kier molecular flexibility index (Phi) is 8.85. The van der Waals surface area contributed by atoms with E-state index in [9.17, 15) is 40.7 Å². The molecule has 1 amide bonds. The van der Waals surface area contributed by atoms with E-state index < -0.39 is 23.9 Å². The second kappa shape index (κ2) is 11.9. The van der Waals surface area contributed by atoms with Crippen LogP contribution in [0, 0.1) is 11.3 Å². The molecule has 0 unspecified atom stereocenters. The maximum Gasteiger partial charge on any atom is 0.458 e. The minimum absolute atomic E-state index is 0.0239. The van der Waals surface area contributed by atoms with E-state index in [0.717, 1.165) is 58.7 Å². The molecule has 4 heterocycles. The number of pyridine rings is 2. The number of alkyl halides is 6. The molecule has 2 N–H and O–H groups in total. The third-order valence-electron chi connectivity index (χ3n) is 5.44. The van der Waals surface area contributed by atoms with Gasteiger partial charge in [-0.1, -0.05) is 0 Å². The summed E-state index contributed by atoms with van der Waals surface area (Å²) in [5.74, 6) is -6.84. The molecule has 0 bridgehead atoms. The normalized spacial score (nSPS) is 12.9. The van der Waals surface area contributed by atoms with Gasteiger partial charge in [0, 0.05) is 60.0 Å². The highest BCUT2D eigenvalue weighted by molar-refractivity contribution is 6.41. The van der Waals surface area contributed by atoms with E-state index in [-0.39, 0.29) is 5.91 Å². The first-order chi connectivity index (χ1) is 18.3. The highest BCUT2D eigenvalue weighted by Gasteiger charge is 2.54. The minimum atomic E-state index is -5.77. The Morgan fingerprint density at radius 1 is 0.974 bits per heavy atom. The summed E-state index contributed by atoms with van der Waals surface area (Å²) in [4.78, 5) is 43.5. The molecule has 4 rings (SSSR count). The van der Waals surface area contributed by atoms with Gasteiger partial charge in [-0.05, 0) is 43.2 Å². The number of nitrogens with zero attached hydrogens (tertiary/aromatic N) is 3. The molecule has 0 aliphatic carbocycles. The van der Waals surface area contributed by atoms with Crippen LogP contribution in [0.25, 0.3) is 22.5 Å². The molecule has 1 aliphatic rings. The van der Waals surface area contributed by atoms with Gasteiger partial charge in [-0.25, -0.2) is 0 Å². The Bertz CT molecular complexity index is 1380. The number of fused-ring (bicyclic) bond motifs is 1. The Morgan fingerprint density at radius 2 is 1.67 bits per heavy atom. The summed E-state index contributed by atoms with van der Waals surface area (Å²) >= 11 is 0. The van der Waals surface area contributed by atoms with Crippen LogP contribution >= 0.6 is 0 Å². The summed E-state index contributed by atoms with van der Waals surface area (Å²) in [5, 5.41) is 11.5. The van der Waals surface area contributed by atoms with Gasteiger partial charge in [-0.2, -0.15) is 31.6 Å². The molecule has 39 heavy (non-hydrogen) atoms. The summed E-state index contributed by atoms with van der Waals surface area (Å²) in [6.45, 7) is 0.666. The molecular weight excluding hydrogens is 532 g/mol. The van der Waals surface area contributed by atoms with E-state index in [4.69, 9.17) is 5.26 Å². The number of nitriles is 1. The fraction of sp³-hybridized carbons (Fsp3) is 0.280. The summed E-state index contributed by atoms with van der Waals surface area (Å²) in [5.41, 5.74) is 6.36. The number of rotatable bonds is 6. The highest BCUT2D eigenvalue weighted by atomic mass is 19.4. The summed E-state index contributed by atoms with van der Waals surface area (Å²) < 4.78 is 67.0. The number of ketones is 2. The van der Waals surface area contributed by atoms with Crippen LogP contribution in [0.15, 0.2) is 42.7 Å². The number of hydrogen-bond acceptors (Lipinski definition) is 6. The van der Waals surface area contributed by atoms with Crippen molar-refractivity contribution in [2.45, 2.75) is 38.0 Å². The zero-order chi connectivity index (χ0) is 28.8. The highest BCUT2D eigenvalue weighted by Crippen LogP contribution is 2.27. The summed E-state index contributed by atoms with van der Waals surface area (Å²) in [6, 6.07) is 12.0. The van der Waals surface area contributed by atoms with E-state index in [2.05, 4.69) is 26.3 Å². The quantitative estimate of drug-likeness (QED) is 0.263. The molecular formula is C25H19F6N5O3. The van der Waals surface area contributed by atoms with E-state index >= 15 is 0 Å². The van der Waals surface area contributed by atoms with E-state index in [1.54, 1.807) is 6.20 Å². The molecule has 0 fully saturated rings. The monoisotopic (exact) mass is 551 g/mol. The fourth-order valence-electron chi connectivity index (χ4n) is 3.53. The second-order valence-corrected chi connectivity index (χ2v) is 8.21. The van der Waals surface area contributed by atoms with E-state index in [1.807, 2.05) is 36.5 Å². The van der Waals surface area contributed by atoms with Crippen LogP contribution in [-0.2, 0) is 22.4 Å². The lowest BCUT2D eigenvalue weighted by Gasteiger charge is -2.10. The maximum atomic E-state index is 12.0. The largest absolute Gasteiger partial charge is 0.458 e. The molecule has 0 saturated heterocycles. The number of aryl methyl sites for hydroxylation is 1. The summed E-state index contributed by atoms with van der Waals surface area (Å²) in [7, 11) is 0. The lowest BCUT2D eigenvalue weighted by molar-refractivity contribution is -0.193. The van der Waals surface area contributed by atoms with Crippen LogP contribution in [-0.4, -0.2) is 51.3 Å². The fourth-order valence-corrected chi connectivity index (χ4v) is 3.53. The van der Waals surface area contributed by atoms with Crippen molar-refractivity contribution in [1.29, 1.82) is 5.26 Å². The number of nitrogens with one attached hydrogen (secondary N) is 2. The number of carbonyl (C=O) groups is 3. The number of carbonyl (C=O) groups excluding carboxylic acids is 3. The van der Waals surface area contributed by atoms with Gasteiger partial charge in [-0.15, -0.1) is 0 Å². The molecule has 3 aromatic rings. The SMILES string of the molecule is N#CCCCc1ccc(-c2cc(-c3cc4c([nH]3)CCNC4=O)ccn2)cn1.O=C(C(=O)C(F)(F)F)C(F)(F)F. The van der Waals surface area contributed by atoms with Crippen LogP contribution in [0.1, 0.15) is 34.6 Å². The third kappa shape index (κ3) is 7.50. The first-order valence-corrected chi connectivity index (χ1v) is 11.3. The van der Waals surface area contributed by atoms with Crippen molar-refractivity contribution in [3.8, 4) is 28.6 Å². The van der Waals surface area contributed by atoms with Crippen molar-refractivity contribution in [3.05, 3.63) is 59.7 Å².